The number of nitrogens with one attached hydrogen (secondary N) is 2. The lowest BCUT2D eigenvalue weighted by atomic mass is 9.99. The van der Waals surface area contributed by atoms with Crippen molar-refractivity contribution in [1.82, 2.24) is 14.9 Å². The van der Waals surface area contributed by atoms with Gasteiger partial charge in [-0.25, -0.2) is 13.8 Å². The molecular weight excluding hydrogens is 506 g/mol. The third-order valence-corrected chi connectivity index (χ3v) is 8.38. The number of anilines is 5. The number of piperidine rings is 1. The van der Waals surface area contributed by atoms with Crippen molar-refractivity contribution in [3.63, 3.8) is 0 Å². The Morgan fingerprint density at radius 3 is 2.39 bits per heavy atom. The molecule has 4 heterocycles. The van der Waals surface area contributed by atoms with E-state index in [9.17, 15) is 8.78 Å². The molecule has 2 aliphatic rings. The number of benzene rings is 2. The molecule has 2 aromatic carbocycles. The van der Waals surface area contributed by atoms with Crippen molar-refractivity contribution in [2.45, 2.75) is 32.2 Å². The number of aromatic nitrogens is 2. The molecule has 4 aromatic rings. The van der Waals surface area contributed by atoms with E-state index in [2.05, 4.69) is 36.5 Å². The molecule has 0 aliphatic carbocycles. The number of nitrogens with zero attached hydrogens (tertiary/aromatic N) is 4. The molecule has 198 valence electrons. The normalized spacial score (nSPS) is 16.5. The van der Waals surface area contributed by atoms with Crippen LogP contribution in [-0.4, -0.2) is 54.2 Å². The zero-order valence-electron chi connectivity index (χ0n) is 21.4. The van der Waals surface area contributed by atoms with Crippen molar-refractivity contribution < 1.29 is 13.5 Å². The number of ether oxygens (including phenoxy) is 1. The van der Waals surface area contributed by atoms with Crippen LogP contribution in [0.2, 0.25) is 0 Å². The number of rotatable bonds is 7. The van der Waals surface area contributed by atoms with Gasteiger partial charge in [-0.3, -0.25) is 0 Å². The predicted octanol–water partition coefficient (Wildman–Crippen LogP) is 6.45. The highest BCUT2D eigenvalue weighted by Gasteiger charge is 2.28. The van der Waals surface area contributed by atoms with Crippen LogP contribution in [0.3, 0.4) is 0 Å². The van der Waals surface area contributed by atoms with Gasteiger partial charge in [0.05, 0.1) is 18.2 Å². The molecule has 0 saturated carbocycles. The summed E-state index contributed by atoms with van der Waals surface area (Å²) in [7, 11) is 1.69. The Morgan fingerprint density at radius 1 is 0.947 bits per heavy atom. The predicted molar refractivity (Wildman–Crippen MR) is 149 cm³/mol. The second-order valence-electron chi connectivity index (χ2n) is 9.90. The summed E-state index contributed by atoms with van der Waals surface area (Å²) in [6, 6.07) is 10.1. The maximum absolute atomic E-state index is 13.8. The molecule has 2 N–H and O–H groups in total. The highest BCUT2D eigenvalue weighted by Crippen LogP contribution is 2.36. The van der Waals surface area contributed by atoms with Gasteiger partial charge in [-0.1, -0.05) is 0 Å². The van der Waals surface area contributed by atoms with Crippen LogP contribution in [0.15, 0.2) is 41.8 Å². The Morgan fingerprint density at radius 2 is 1.71 bits per heavy atom. The number of thiophene rings is 1. The zero-order chi connectivity index (χ0) is 26.2. The largest absolute Gasteiger partial charge is 0.495 e. The molecule has 0 amide bonds. The van der Waals surface area contributed by atoms with Gasteiger partial charge in [-0.15, -0.1) is 11.3 Å². The molecule has 38 heavy (non-hydrogen) atoms. The molecule has 0 unspecified atom stereocenters. The number of fused-ring (bicyclic) bond motifs is 1. The van der Waals surface area contributed by atoms with E-state index in [0.717, 1.165) is 52.1 Å². The first-order valence-corrected chi connectivity index (χ1v) is 13.8. The van der Waals surface area contributed by atoms with Crippen molar-refractivity contribution in [3.05, 3.63) is 59.0 Å². The number of hydrogen-bond donors (Lipinski definition) is 2. The van der Waals surface area contributed by atoms with Crippen LogP contribution in [0.25, 0.3) is 10.2 Å². The summed E-state index contributed by atoms with van der Waals surface area (Å²) >= 11 is 1.49. The Hall–Kier alpha value is -3.50. The number of aryl methyl sites for hydroxylation is 1. The lowest BCUT2D eigenvalue weighted by molar-refractivity contribution is 0.100. The van der Waals surface area contributed by atoms with E-state index in [4.69, 9.17) is 4.74 Å². The highest BCUT2D eigenvalue weighted by molar-refractivity contribution is 7.17. The molecule has 0 radical (unpaired) electrons. The molecule has 0 atom stereocenters. The summed E-state index contributed by atoms with van der Waals surface area (Å²) in [5.74, 6) is 0.336. The van der Waals surface area contributed by atoms with Gasteiger partial charge in [0.1, 0.15) is 28.0 Å². The molecule has 0 bridgehead atoms. The van der Waals surface area contributed by atoms with Crippen molar-refractivity contribution in [1.29, 1.82) is 0 Å². The van der Waals surface area contributed by atoms with Crippen LogP contribution in [0, 0.1) is 18.6 Å². The molecule has 0 spiro atoms. The first kappa shape index (κ1) is 24.8. The Labute approximate surface area is 224 Å². The molecule has 10 heteroatoms. The summed E-state index contributed by atoms with van der Waals surface area (Å²) in [6.45, 7) is 6.46. The average molecular weight is 537 g/mol. The molecule has 2 saturated heterocycles. The van der Waals surface area contributed by atoms with Gasteiger partial charge in [0.2, 0.25) is 5.95 Å². The Balaban J connectivity index is 1.24. The summed E-state index contributed by atoms with van der Waals surface area (Å²) in [4.78, 5) is 15.1. The highest BCUT2D eigenvalue weighted by atomic mass is 32.1. The molecule has 6 rings (SSSR count). The lowest BCUT2D eigenvalue weighted by Crippen LogP contribution is -2.50. The molecule has 2 aliphatic heterocycles. The molecule has 7 nitrogen and oxygen atoms in total. The monoisotopic (exact) mass is 536 g/mol. The summed E-state index contributed by atoms with van der Waals surface area (Å²) in [5, 5.41) is 9.17. The zero-order valence-corrected chi connectivity index (χ0v) is 22.2. The van der Waals surface area contributed by atoms with E-state index in [1.165, 1.54) is 55.8 Å². The fourth-order valence-electron chi connectivity index (χ4n) is 5.32. The van der Waals surface area contributed by atoms with Gasteiger partial charge in [0.15, 0.2) is 0 Å². The van der Waals surface area contributed by atoms with Crippen molar-refractivity contribution in [2.75, 3.05) is 48.8 Å². The average Bonchev–Trinajstić information content (AvgIpc) is 3.23. The van der Waals surface area contributed by atoms with Crippen LogP contribution < -0.4 is 20.3 Å². The Bertz CT molecular complexity index is 1450. The SMILES string of the molecule is COc1cc(Nc2nc(Nc3cc(F)cc(F)c3)c3c(C)csc3n2)ccc1N1CCC(N2CCC2)CC1. The van der Waals surface area contributed by atoms with Crippen molar-refractivity contribution >= 4 is 50.4 Å². The summed E-state index contributed by atoms with van der Waals surface area (Å²) in [6.07, 6.45) is 3.66. The van der Waals surface area contributed by atoms with Gasteiger partial charge >= 0.3 is 0 Å². The van der Waals surface area contributed by atoms with Crippen LogP contribution in [0.4, 0.5) is 37.6 Å². The number of likely N-dealkylation sites (tertiary alicyclic amines) is 1. The third-order valence-electron chi connectivity index (χ3n) is 7.39. The number of methoxy groups -OCH3 is 1. The first-order valence-electron chi connectivity index (χ1n) is 12.9. The molecule has 2 fully saturated rings. The van der Waals surface area contributed by atoms with Gasteiger partial charge in [0.25, 0.3) is 0 Å². The molecule has 2 aromatic heterocycles. The van der Waals surface area contributed by atoms with Crippen LogP contribution in [0.5, 0.6) is 5.75 Å². The van der Waals surface area contributed by atoms with E-state index in [1.807, 2.05) is 24.4 Å². The van der Waals surface area contributed by atoms with E-state index in [0.29, 0.717) is 17.8 Å². The number of halogens is 2. The van der Waals surface area contributed by atoms with Gasteiger partial charge in [0, 0.05) is 42.6 Å². The van der Waals surface area contributed by atoms with Crippen molar-refractivity contribution in [2.24, 2.45) is 0 Å². The Kier molecular flexibility index (Phi) is 6.75. The second kappa shape index (κ2) is 10.3. The summed E-state index contributed by atoms with van der Waals surface area (Å²) < 4.78 is 33.4. The first-order chi connectivity index (χ1) is 18.5. The quantitative estimate of drug-likeness (QED) is 0.281. The summed E-state index contributed by atoms with van der Waals surface area (Å²) in [5.41, 5.74) is 3.14. The van der Waals surface area contributed by atoms with Gasteiger partial charge in [-0.2, -0.15) is 4.98 Å². The topological polar surface area (TPSA) is 65.5 Å². The number of hydrogen-bond acceptors (Lipinski definition) is 8. The minimum Gasteiger partial charge on any atom is -0.495 e. The lowest BCUT2D eigenvalue weighted by Gasteiger charge is -2.43. The van der Waals surface area contributed by atoms with E-state index < -0.39 is 11.6 Å². The van der Waals surface area contributed by atoms with Crippen molar-refractivity contribution in [3.8, 4) is 5.75 Å². The van der Waals surface area contributed by atoms with Gasteiger partial charge in [-0.05, 0) is 74.5 Å². The van der Waals surface area contributed by atoms with E-state index in [-0.39, 0.29) is 5.69 Å². The maximum Gasteiger partial charge on any atom is 0.230 e. The second-order valence-corrected chi connectivity index (χ2v) is 10.8. The fraction of sp³-hybridized carbons (Fsp3) is 0.357. The minimum absolute atomic E-state index is 0.281. The van der Waals surface area contributed by atoms with Gasteiger partial charge < -0.3 is 25.2 Å². The van der Waals surface area contributed by atoms with Crippen LogP contribution in [0.1, 0.15) is 24.8 Å². The third kappa shape index (κ3) is 4.98. The van der Waals surface area contributed by atoms with Crippen LogP contribution in [-0.2, 0) is 0 Å². The maximum atomic E-state index is 13.8. The fourth-order valence-corrected chi connectivity index (χ4v) is 6.24. The molecular formula is C28H30F2N6OS. The minimum atomic E-state index is -0.657. The smallest absolute Gasteiger partial charge is 0.230 e. The van der Waals surface area contributed by atoms with E-state index >= 15 is 0 Å². The van der Waals surface area contributed by atoms with Crippen LogP contribution >= 0.6 is 11.3 Å². The van der Waals surface area contributed by atoms with E-state index in [1.54, 1.807) is 7.11 Å². The standard InChI is InChI=1S/C28H30F2N6OS/c1-17-16-38-27-25(17)26(31-21-13-18(29)12-19(30)14-21)33-28(34-27)32-20-4-5-23(24(15-20)37-2)36-10-6-22(7-11-36)35-8-3-9-35/h4-5,12-16,22H,3,6-11H2,1-2H3,(H2,31,32,33,34).